The molecule has 2 aromatic carbocycles. The lowest BCUT2D eigenvalue weighted by atomic mass is 10.1. The summed E-state index contributed by atoms with van der Waals surface area (Å²) >= 11 is 5.95. The van der Waals surface area contributed by atoms with Gasteiger partial charge in [-0.25, -0.2) is 13.1 Å². The minimum atomic E-state index is -3.71. The molecule has 0 aliphatic carbocycles. The van der Waals surface area contributed by atoms with Crippen LogP contribution < -0.4 is 10.3 Å². The number of aromatic amines is 1. The molecule has 2 N–H and O–H groups in total. The van der Waals surface area contributed by atoms with E-state index in [0.29, 0.717) is 15.9 Å². The average molecular weight is 363 g/mol. The highest BCUT2D eigenvalue weighted by Gasteiger charge is 2.19. The Morgan fingerprint density at radius 1 is 1.08 bits per heavy atom. The first-order valence-electron chi connectivity index (χ1n) is 7.26. The van der Waals surface area contributed by atoms with Crippen LogP contribution >= 0.6 is 11.6 Å². The number of hydrogen-bond donors (Lipinski definition) is 2. The van der Waals surface area contributed by atoms with E-state index in [4.69, 9.17) is 11.6 Å². The fourth-order valence-electron chi connectivity index (χ4n) is 2.44. The van der Waals surface area contributed by atoms with Crippen LogP contribution in [0.4, 0.5) is 0 Å². The van der Waals surface area contributed by atoms with Gasteiger partial charge in [-0.05, 0) is 54.3 Å². The molecule has 7 heteroatoms. The molecule has 1 aromatic heterocycles. The molecule has 0 bridgehead atoms. The van der Waals surface area contributed by atoms with Crippen molar-refractivity contribution in [2.75, 3.05) is 0 Å². The van der Waals surface area contributed by atoms with Crippen molar-refractivity contribution >= 4 is 32.5 Å². The van der Waals surface area contributed by atoms with Gasteiger partial charge in [0.25, 0.3) is 0 Å². The monoisotopic (exact) mass is 362 g/mol. The van der Waals surface area contributed by atoms with E-state index in [1.54, 1.807) is 37.3 Å². The van der Waals surface area contributed by atoms with Crippen molar-refractivity contribution < 1.29 is 8.42 Å². The number of fused-ring (bicyclic) bond motifs is 1. The fourth-order valence-corrected chi connectivity index (χ4v) is 3.91. The van der Waals surface area contributed by atoms with Gasteiger partial charge >= 0.3 is 0 Å². The van der Waals surface area contributed by atoms with Crippen molar-refractivity contribution in [3.63, 3.8) is 0 Å². The van der Waals surface area contributed by atoms with Gasteiger partial charge in [0, 0.05) is 22.6 Å². The zero-order valence-electron chi connectivity index (χ0n) is 12.8. The number of rotatable bonds is 4. The molecule has 3 rings (SSSR count). The van der Waals surface area contributed by atoms with Crippen molar-refractivity contribution in [2.45, 2.75) is 17.9 Å². The Morgan fingerprint density at radius 3 is 2.62 bits per heavy atom. The molecule has 5 nitrogen and oxygen atoms in total. The molecular weight excluding hydrogens is 348 g/mol. The van der Waals surface area contributed by atoms with Crippen molar-refractivity contribution in [1.82, 2.24) is 9.71 Å². The van der Waals surface area contributed by atoms with Gasteiger partial charge in [-0.2, -0.15) is 0 Å². The smallest absolute Gasteiger partial charge is 0.248 e. The average Bonchev–Trinajstić information content (AvgIpc) is 2.53. The zero-order chi connectivity index (χ0) is 17.3. The molecule has 124 valence electrons. The standard InChI is InChI=1S/C17H15ClN2O3S/c1-11(12-3-2-4-14(18)9-12)20-24(22,23)15-6-7-16-13(10-15)5-8-17(21)19-16/h2-11,20H,1H3,(H,19,21)/t11-/m0/s1. The van der Waals surface area contributed by atoms with Crippen LogP contribution in [-0.2, 0) is 10.0 Å². The molecule has 24 heavy (non-hydrogen) atoms. The number of nitrogens with one attached hydrogen (secondary N) is 2. The molecule has 3 aromatic rings. The van der Waals surface area contributed by atoms with Crippen molar-refractivity contribution in [3.05, 3.63) is 75.5 Å². The zero-order valence-corrected chi connectivity index (χ0v) is 14.4. The summed E-state index contributed by atoms with van der Waals surface area (Å²) in [4.78, 5) is 14.1. The number of H-pyrrole nitrogens is 1. The summed E-state index contributed by atoms with van der Waals surface area (Å²) in [5.41, 5.74) is 1.13. The van der Waals surface area contributed by atoms with Crippen LogP contribution in [0.5, 0.6) is 0 Å². The summed E-state index contributed by atoms with van der Waals surface area (Å²) in [6, 6.07) is 14.1. The summed E-state index contributed by atoms with van der Waals surface area (Å²) in [5.74, 6) is 0. The first-order valence-corrected chi connectivity index (χ1v) is 9.12. The SMILES string of the molecule is C[C@H](NS(=O)(=O)c1ccc2[nH]c(=O)ccc2c1)c1cccc(Cl)c1. The third-order valence-electron chi connectivity index (χ3n) is 3.69. The molecule has 0 fully saturated rings. The largest absolute Gasteiger partial charge is 0.322 e. The van der Waals surface area contributed by atoms with E-state index in [1.165, 1.54) is 18.2 Å². The number of halogens is 1. The van der Waals surface area contributed by atoms with E-state index in [-0.39, 0.29) is 10.5 Å². The molecular formula is C17H15ClN2O3S. The number of aromatic nitrogens is 1. The first kappa shape index (κ1) is 16.7. The first-order chi connectivity index (χ1) is 11.3. The third-order valence-corrected chi connectivity index (χ3v) is 5.46. The maximum absolute atomic E-state index is 12.6. The van der Waals surface area contributed by atoms with Gasteiger partial charge in [0.05, 0.1) is 4.90 Å². The van der Waals surface area contributed by atoms with Gasteiger partial charge in [0.2, 0.25) is 15.6 Å². The fraction of sp³-hybridized carbons (Fsp3) is 0.118. The summed E-state index contributed by atoms with van der Waals surface area (Å²) in [6.07, 6.45) is 0. The molecule has 0 saturated carbocycles. The van der Waals surface area contributed by atoms with E-state index in [2.05, 4.69) is 9.71 Å². The summed E-state index contributed by atoms with van der Waals surface area (Å²) < 4.78 is 27.8. The molecule has 1 atom stereocenters. The maximum Gasteiger partial charge on any atom is 0.248 e. The summed E-state index contributed by atoms with van der Waals surface area (Å²) in [5, 5.41) is 1.20. The quantitative estimate of drug-likeness (QED) is 0.747. The van der Waals surface area contributed by atoms with E-state index in [9.17, 15) is 13.2 Å². The van der Waals surface area contributed by atoms with Crippen LogP contribution in [0.15, 0.2) is 64.3 Å². The van der Waals surface area contributed by atoms with Gasteiger partial charge < -0.3 is 4.98 Å². The maximum atomic E-state index is 12.6. The number of pyridine rings is 1. The van der Waals surface area contributed by atoms with Gasteiger partial charge in [-0.1, -0.05) is 23.7 Å². The number of benzene rings is 2. The second-order valence-electron chi connectivity index (χ2n) is 5.47. The topological polar surface area (TPSA) is 79.0 Å². The van der Waals surface area contributed by atoms with Gasteiger partial charge in [0.15, 0.2) is 0 Å². The van der Waals surface area contributed by atoms with E-state index in [0.717, 1.165) is 5.56 Å². The normalized spacial score (nSPS) is 13.1. The summed E-state index contributed by atoms with van der Waals surface area (Å²) in [7, 11) is -3.71. The Hall–Kier alpha value is -2.15. The second-order valence-corrected chi connectivity index (χ2v) is 7.62. The summed E-state index contributed by atoms with van der Waals surface area (Å²) in [6.45, 7) is 1.75. The molecule has 0 aliphatic rings. The Labute approximate surface area is 144 Å². The third kappa shape index (κ3) is 3.51. The minimum Gasteiger partial charge on any atom is -0.322 e. The van der Waals surface area contributed by atoms with Crippen molar-refractivity contribution in [1.29, 1.82) is 0 Å². The minimum absolute atomic E-state index is 0.135. The molecule has 0 spiro atoms. The lowest BCUT2D eigenvalue weighted by Crippen LogP contribution is -2.26. The van der Waals surface area contributed by atoms with E-state index in [1.807, 2.05) is 6.07 Å². The molecule has 0 aliphatic heterocycles. The Morgan fingerprint density at radius 2 is 1.88 bits per heavy atom. The predicted molar refractivity (Wildman–Crippen MR) is 94.8 cm³/mol. The van der Waals surface area contributed by atoms with Crippen LogP contribution in [0, 0.1) is 0 Å². The predicted octanol–water partition coefficient (Wildman–Crippen LogP) is 3.22. The molecule has 0 saturated heterocycles. The van der Waals surface area contributed by atoms with Crippen LogP contribution in [0.2, 0.25) is 5.02 Å². The number of hydrogen-bond acceptors (Lipinski definition) is 3. The lowest BCUT2D eigenvalue weighted by Gasteiger charge is -2.15. The lowest BCUT2D eigenvalue weighted by molar-refractivity contribution is 0.567. The van der Waals surface area contributed by atoms with E-state index < -0.39 is 16.1 Å². The molecule has 1 heterocycles. The highest BCUT2D eigenvalue weighted by Crippen LogP contribution is 2.21. The molecule has 0 unspecified atom stereocenters. The highest BCUT2D eigenvalue weighted by atomic mass is 35.5. The van der Waals surface area contributed by atoms with Crippen LogP contribution in [0.3, 0.4) is 0 Å². The van der Waals surface area contributed by atoms with Crippen molar-refractivity contribution in [3.8, 4) is 0 Å². The Balaban J connectivity index is 1.92. The van der Waals surface area contributed by atoms with Crippen LogP contribution in [0.1, 0.15) is 18.5 Å². The molecule has 0 amide bonds. The van der Waals surface area contributed by atoms with Crippen molar-refractivity contribution in [2.24, 2.45) is 0 Å². The van der Waals surface area contributed by atoms with Crippen LogP contribution in [-0.4, -0.2) is 13.4 Å². The Kier molecular flexibility index (Phi) is 4.45. The van der Waals surface area contributed by atoms with Gasteiger partial charge in [-0.3, -0.25) is 4.79 Å². The van der Waals surface area contributed by atoms with Gasteiger partial charge in [0.1, 0.15) is 0 Å². The van der Waals surface area contributed by atoms with Crippen LogP contribution in [0.25, 0.3) is 10.9 Å². The van der Waals surface area contributed by atoms with E-state index >= 15 is 0 Å². The molecule has 0 radical (unpaired) electrons. The second kappa shape index (κ2) is 6.39. The van der Waals surface area contributed by atoms with Gasteiger partial charge in [-0.15, -0.1) is 0 Å². The Bertz CT molecular complexity index is 1060. The number of sulfonamides is 1. The highest BCUT2D eigenvalue weighted by molar-refractivity contribution is 7.89.